The molecule has 1 aromatic carbocycles. The van der Waals surface area contributed by atoms with Gasteiger partial charge in [0.05, 0.1) is 7.11 Å². The zero-order valence-electron chi connectivity index (χ0n) is 9.99. The molecule has 0 fully saturated rings. The van der Waals surface area contributed by atoms with Gasteiger partial charge >= 0.3 is 10.4 Å². The summed E-state index contributed by atoms with van der Waals surface area (Å²) in [6.45, 7) is 0. The third-order valence-electron chi connectivity index (χ3n) is 1.96. The van der Waals surface area contributed by atoms with E-state index in [1.54, 1.807) is 0 Å². The lowest BCUT2D eigenvalue weighted by molar-refractivity contribution is 0.370. The quantitative estimate of drug-likeness (QED) is 0.565. The van der Waals surface area contributed by atoms with Crippen LogP contribution in [0.15, 0.2) is 21.9 Å². The highest BCUT2D eigenvalue weighted by atomic mass is 32.3. The SMILES string of the molecule is COc1c(S(=O)(=O)O)cc(OS(=O)(=O)O)cc1S(=O)(=O)O. The van der Waals surface area contributed by atoms with Crippen LogP contribution in [-0.2, 0) is 30.6 Å². The lowest BCUT2D eigenvalue weighted by atomic mass is 10.3. The van der Waals surface area contributed by atoms with Gasteiger partial charge < -0.3 is 8.92 Å². The molecule has 0 spiro atoms. The fraction of sp³-hybridized carbons (Fsp3) is 0.143. The summed E-state index contributed by atoms with van der Waals surface area (Å²) in [6.07, 6.45) is 0. The maximum absolute atomic E-state index is 11.1. The number of hydrogen-bond donors (Lipinski definition) is 3. The number of rotatable bonds is 5. The van der Waals surface area contributed by atoms with Gasteiger partial charge in [-0.2, -0.15) is 25.3 Å². The van der Waals surface area contributed by atoms with Crippen molar-refractivity contribution >= 4 is 30.6 Å². The van der Waals surface area contributed by atoms with E-state index in [-0.39, 0.29) is 0 Å². The van der Waals surface area contributed by atoms with Gasteiger partial charge in [0, 0.05) is 12.1 Å². The van der Waals surface area contributed by atoms with Crippen LogP contribution < -0.4 is 8.92 Å². The first kappa shape index (κ1) is 17.6. The highest BCUT2D eigenvalue weighted by Gasteiger charge is 2.28. The van der Waals surface area contributed by atoms with Crippen LogP contribution in [0.5, 0.6) is 11.5 Å². The molecule has 0 radical (unpaired) electrons. The van der Waals surface area contributed by atoms with E-state index in [1.807, 2.05) is 0 Å². The van der Waals surface area contributed by atoms with E-state index in [1.165, 1.54) is 0 Å². The third-order valence-corrected chi connectivity index (χ3v) is 4.08. The van der Waals surface area contributed by atoms with Crippen LogP contribution >= 0.6 is 0 Å². The number of methoxy groups -OCH3 is 1. The molecule has 0 aliphatic heterocycles. The van der Waals surface area contributed by atoms with Gasteiger partial charge in [-0.3, -0.25) is 13.7 Å². The van der Waals surface area contributed by atoms with E-state index in [2.05, 4.69) is 8.92 Å². The third kappa shape index (κ3) is 4.51. The van der Waals surface area contributed by atoms with E-state index < -0.39 is 51.9 Å². The average Bonchev–Trinajstić information content (AvgIpc) is 2.23. The van der Waals surface area contributed by atoms with Gasteiger partial charge in [0.1, 0.15) is 15.5 Å². The second-order valence-electron chi connectivity index (χ2n) is 3.41. The first-order valence-electron chi connectivity index (χ1n) is 4.59. The Morgan fingerprint density at radius 3 is 1.48 bits per heavy atom. The molecule has 0 amide bonds. The first-order valence-corrected chi connectivity index (χ1v) is 8.84. The molecule has 120 valence electrons. The minimum atomic E-state index is -5.11. The van der Waals surface area contributed by atoms with Gasteiger partial charge in [-0.15, -0.1) is 0 Å². The molecule has 0 aliphatic rings. The van der Waals surface area contributed by atoms with Crippen molar-refractivity contribution in [3.8, 4) is 11.5 Å². The van der Waals surface area contributed by atoms with E-state index in [9.17, 15) is 25.3 Å². The Bertz CT molecular complexity index is 809. The standard InChI is InChI=1S/C7H8O11S3/c1-17-7-5(19(8,9)10)2-4(18-21(14,15)16)3-6(7)20(11,12)13/h2-3H,1H3,(H,8,9,10)(H,11,12,13)(H,14,15,16). The number of hydrogen-bond acceptors (Lipinski definition) is 8. The van der Waals surface area contributed by atoms with Crippen molar-refractivity contribution in [3.05, 3.63) is 12.1 Å². The molecule has 0 saturated carbocycles. The summed E-state index contributed by atoms with van der Waals surface area (Å²) in [5.41, 5.74) is 0. The minimum Gasteiger partial charge on any atom is -0.494 e. The molecule has 0 saturated heterocycles. The molecule has 14 heteroatoms. The Kier molecular flexibility index (Phi) is 4.52. The van der Waals surface area contributed by atoms with Crippen LogP contribution in [0.3, 0.4) is 0 Å². The summed E-state index contributed by atoms with van der Waals surface area (Å²) in [7, 11) is -14.4. The average molecular weight is 364 g/mol. The van der Waals surface area contributed by atoms with Crippen molar-refractivity contribution in [1.29, 1.82) is 0 Å². The van der Waals surface area contributed by atoms with Gasteiger partial charge in [0.2, 0.25) is 0 Å². The zero-order chi connectivity index (χ0) is 16.6. The summed E-state index contributed by atoms with van der Waals surface area (Å²) in [5.74, 6) is -1.97. The monoisotopic (exact) mass is 364 g/mol. The van der Waals surface area contributed by atoms with Gasteiger partial charge in [0.15, 0.2) is 5.75 Å². The second-order valence-corrected chi connectivity index (χ2v) is 7.22. The summed E-state index contributed by atoms with van der Waals surface area (Å²) < 4.78 is 100. The van der Waals surface area contributed by atoms with Gasteiger partial charge in [-0.1, -0.05) is 0 Å². The molecular weight excluding hydrogens is 356 g/mol. The molecule has 0 atom stereocenters. The highest BCUT2D eigenvalue weighted by Crippen LogP contribution is 2.35. The van der Waals surface area contributed by atoms with E-state index in [0.717, 1.165) is 7.11 Å². The number of ether oxygens (including phenoxy) is 1. The molecule has 0 bridgehead atoms. The van der Waals surface area contributed by atoms with E-state index in [0.29, 0.717) is 12.1 Å². The molecule has 0 unspecified atom stereocenters. The van der Waals surface area contributed by atoms with Crippen LogP contribution in [0, 0.1) is 0 Å². The summed E-state index contributed by atoms with van der Waals surface area (Å²) in [6, 6.07) is 0.743. The Labute approximate surface area is 119 Å². The predicted molar refractivity (Wildman–Crippen MR) is 64.8 cm³/mol. The fourth-order valence-electron chi connectivity index (χ4n) is 1.31. The van der Waals surface area contributed by atoms with Gasteiger partial charge in [0.25, 0.3) is 20.2 Å². The van der Waals surface area contributed by atoms with Crippen molar-refractivity contribution in [2.24, 2.45) is 0 Å². The van der Waals surface area contributed by atoms with Crippen molar-refractivity contribution in [3.63, 3.8) is 0 Å². The van der Waals surface area contributed by atoms with Gasteiger partial charge in [-0.05, 0) is 0 Å². The molecule has 0 aliphatic carbocycles. The predicted octanol–water partition coefficient (Wildman–Crippen LogP) is -0.630. The zero-order valence-corrected chi connectivity index (χ0v) is 12.4. The summed E-state index contributed by atoms with van der Waals surface area (Å²) >= 11 is 0. The van der Waals surface area contributed by atoms with Crippen LogP contribution in [-0.4, -0.2) is 46.0 Å². The Morgan fingerprint density at radius 1 is 0.857 bits per heavy atom. The minimum absolute atomic E-state index is 0.372. The maximum atomic E-state index is 11.1. The molecular formula is C7H8O11S3. The number of benzene rings is 1. The van der Waals surface area contributed by atoms with Crippen LogP contribution in [0.1, 0.15) is 0 Å². The van der Waals surface area contributed by atoms with Gasteiger partial charge in [-0.25, -0.2) is 0 Å². The molecule has 1 aromatic rings. The topological polar surface area (TPSA) is 182 Å². The molecule has 1 rings (SSSR count). The van der Waals surface area contributed by atoms with Crippen molar-refractivity contribution in [2.45, 2.75) is 9.79 Å². The Morgan fingerprint density at radius 2 is 1.24 bits per heavy atom. The lowest BCUT2D eigenvalue weighted by Gasteiger charge is -2.12. The van der Waals surface area contributed by atoms with Crippen molar-refractivity contribution in [2.75, 3.05) is 7.11 Å². The fourth-order valence-corrected chi connectivity index (χ4v) is 3.10. The second kappa shape index (κ2) is 5.39. The summed E-state index contributed by atoms with van der Waals surface area (Å²) in [5, 5.41) is 0. The molecule has 11 nitrogen and oxygen atoms in total. The van der Waals surface area contributed by atoms with Crippen LogP contribution in [0.25, 0.3) is 0 Å². The first-order chi connectivity index (χ1) is 9.25. The molecule has 0 heterocycles. The highest BCUT2D eigenvalue weighted by molar-refractivity contribution is 7.87. The molecule has 0 aromatic heterocycles. The molecule has 21 heavy (non-hydrogen) atoms. The van der Waals surface area contributed by atoms with Crippen LogP contribution in [0.2, 0.25) is 0 Å². The van der Waals surface area contributed by atoms with Crippen molar-refractivity contribution in [1.82, 2.24) is 0 Å². The van der Waals surface area contributed by atoms with E-state index in [4.69, 9.17) is 13.7 Å². The largest absolute Gasteiger partial charge is 0.494 e. The summed E-state index contributed by atoms with van der Waals surface area (Å²) in [4.78, 5) is -2.39. The molecule has 3 N–H and O–H groups in total. The Hall–Kier alpha value is -1.45. The maximum Gasteiger partial charge on any atom is 0.446 e. The normalized spacial score (nSPS) is 13.0. The smallest absolute Gasteiger partial charge is 0.446 e. The van der Waals surface area contributed by atoms with E-state index >= 15 is 0 Å². The van der Waals surface area contributed by atoms with Crippen molar-refractivity contribution < 1.29 is 47.8 Å². The van der Waals surface area contributed by atoms with Crippen LogP contribution in [0.4, 0.5) is 0 Å². The Balaban J connectivity index is 3.84. The lowest BCUT2D eigenvalue weighted by Crippen LogP contribution is -2.11.